The zero-order valence-corrected chi connectivity index (χ0v) is 11.9. The first-order valence-corrected chi connectivity index (χ1v) is 6.66. The molecule has 1 aromatic rings. The quantitative estimate of drug-likeness (QED) is 0.845. The number of halogens is 2. The van der Waals surface area contributed by atoms with Crippen LogP contribution in [0.25, 0.3) is 0 Å². The highest BCUT2D eigenvalue weighted by Gasteiger charge is 2.05. The molecule has 0 aliphatic carbocycles. The van der Waals surface area contributed by atoms with E-state index in [0.29, 0.717) is 12.2 Å². The average molecular weight is 288 g/mol. The number of carbonyl (C=O) groups excluding carboxylic acids is 1. The number of hydrogen-bond acceptors (Lipinski definition) is 2. The maximum absolute atomic E-state index is 13.2. The Morgan fingerprint density at radius 3 is 2.63 bits per heavy atom. The molecule has 0 heterocycles. The first-order valence-electron chi connectivity index (χ1n) is 6.29. The van der Waals surface area contributed by atoms with E-state index in [9.17, 15) is 9.18 Å². The summed E-state index contributed by atoms with van der Waals surface area (Å²) in [5, 5.41) is 5.30. The third-order valence-corrected chi connectivity index (χ3v) is 3.09. The van der Waals surface area contributed by atoms with Crippen LogP contribution in [0.1, 0.15) is 13.8 Å². The summed E-state index contributed by atoms with van der Waals surface area (Å²) in [5.74, 6) is -0.553. The highest BCUT2D eigenvalue weighted by Crippen LogP contribution is 2.18. The molecule has 0 aromatic heterocycles. The standard InChI is InChI=1S/C13H19ClFN3O/c1-3-18(4-2)8-7-16-13(19)17-10-5-6-11(14)12(15)9-10/h5-6,9H,3-4,7-8H2,1-2H3,(H2,16,17,19). The van der Waals surface area contributed by atoms with Gasteiger partial charge in [0.25, 0.3) is 0 Å². The summed E-state index contributed by atoms with van der Waals surface area (Å²) in [6, 6.07) is 3.79. The summed E-state index contributed by atoms with van der Waals surface area (Å²) in [6.45, 7) is 7.36. The molecule has 19 heavy (non-hydrogen) atoms. The fourth-order valence-electron chi connectivity index (χ4n) is 1.62. The van der Waals surface area contributed by atoms with Gasteiger partial charge in [-0.05, 0) is 31.3 Å². The highest BCUT2D eigenvalue weighted by atomic mass is 35.5. The van der Waals surface area contributed by atoms with Gasteiger partial charge in [-0.2, -0.15) is 0 Å². The molecule has 0 bridgehead atoms. The fraction of sp³-hybridized carbons (Fsp3) is 0.462. The summed E-state index contributed by atoms with van der Waals surface area (Å²) in [5.41, 5.74) is 0.377. The van der Waals surface area contributed by atoms with Gasteiger partial charge in [-0.1, -0.05) is 25.4 Å². The third-order valence-electron chi connectivity index (χ3n) is 2.79. The minimum absolute atomic E-state index is 0.0347. The van der Waals surface area contributed by atoms with Crippen LogP contribution >= 0.6 is 11.6 Å². The van der Waals surface area contributed by atoms with Crippen LogP contribution in [0, 0.1) is 5.82 Å². The van der Waals surface area contributed by atoms with Crippen LogP contribution < -0.4 is 10.6 Å². The van der Waals surface area contributed by atoms with Gasteiger partial charge in [-0.15, -0.1) is 0 Å². The van der Waals surface area contributed by atoms with E-state index in [4.69, 9.17) is 11.6 Å². The molecule has 1 rings (SSSR count). The van der Waals surface area contributed by atoms with E-state index in [1.165, 1.54) is 12.1 Å². The molecule has 2 N–H and O–H groups in total. The molecule has 6 heteroatoms. The van der Waals surface area contributed by atoms with Gasteiger partial charge < -0.3 is 15.5 Å². The lowest BCUT2D eigenvalue weighted by Crippen LogP contribution is -2.36. The number of anilines is 1. The molecule has 0 saturated heterocycles. The molecule has 0 spiro atoms. The topological polar surface area (TPSA) is 44.4 Å². The molecule has 0 fully saturated rings. The second kappa shape index (κ2) is 7.96. The van der Waals surface area contributed by atoms with Crippen LogP contribution in [0.4, 0.5) is 14.9 Å². The highest BCUT2D eigenvalue weighted by molar-refractivity contribution is 6.30. The van der Waals surface area contributed by atoms with Gasteiger partial charge in [0, 0.05) is 18.8 Å². The number of nitrogens with one attached hydrogen (secondary N) is 2. The van der Waals surface area contributed by atoms with E-state index in [-0.39, 0.29) is 11.1 Å². The zero-order chi connectivity index (χ0) is 14.3. The molecule has 0 unspecified atom stereocenters. The minimum atomic E-state index is -0.553. The van der Waals surface area contributed by atoms with E-state index in [1.54, 1.807) is 6.07 Å². The van der Waals surface area contributed by atoms with Crippen molar-refractivity contribution in [3.8, 4) is 0 Å². The maximum atomic E-state index is 13.2. The molecule has 4 nitrogen and oxygen atoms in total. The zero-order valence-electron chi connectivity index (χ0n) is 11.2. The lowest BCUT2D eigenvalue weighted by atomic mass is 10.3. The predicted octanol–water partition coefficient (Wildman–Crippen LogP) is 2.94. The van der Waals surface area contributed by atoms with Crippen molar-refractivity contribution in [2.24, 2.45) is 0 Å². The van der Waals surface area contributed by atoms with Crippen molar-refractivity contribution in [3.63, 3.8) is 0 Å². The number of carbonyl (C=O) groups is 1. The fourth-order valence-corrected chi connectivity index (χ4v) is 1.73. The monoisotopic (exact) mass is 287 g/mol. The van der Waals surface area contributed by atoms with Crippen molar-refractivity contribution < 1.29 is 9.18 Å². The van der Waals surface area contributed by atoms with Crippen LogP contribution in [-0.4, -0.2) is 37.1 Å². The summed E-state index contributed by atoms with van der Waals surface area (Å²) in [7, 11) is 0. The minimum Gasteiger partial charge on any atom is -0.337 e. The molecule has 0 radical (unpaired) electrons. The lowest BCUT2D eigenvalue weighted by molar-refractivity contribution is 0.248. The van der Waals surface area contributed by atoms with Gasteiger partial charge in [0.2, 0.25) is 0 Å². The number of hydrogen-bond donors (Lipinski definition) is 2. The lowest BCUT2D eigenvalue weighted by Gasteiger charge is -2.18. The second-order valence-electron chi connectivity index (χ2n) is 4.04. The van der Waals surface area contributed by atoms with Crippen LogP contribution in [0.3, 0.4) is 0 Å². The number of urea groups is 1. The number of benzene rings is 1. The van der Waals surface area contributed by atoms with Crippen molar-refractivity contribution in [3.05, 3.63) is 29.0 Å². The van der Waals surface area contributed by atoms with E-state index in [2.05, 4.69) is 29.4 Å². The Morgan fingerprint density at radius 1 is 1.37 bits per heavy atom. The average Bonchev–Trinajstić information content (AvgIpc) is 2.39. The first-order chi connectivity index (χ1) is 9.06. The molecule has 2 amide bonds. The Bertz CT molecular complexity index is 424. The van der Waals surface area contributed by atoms with E-state index < -0.39 is 5.82 Å². The van der Waals surface area contributed by atoms with Gasteiger partial charge in [0.05, 0.1) is 5.02 Å². The summed E-state index contributed by atoms with van der Waals surface area (Å²) in [4.78, 5) is 13.8. The summed E-state index contributed by atoms with van der Waals surface area (Å²) in [6.07, 6.45) is 0. The predicted molar refractivity (Wildman–Crippen MR) is 76.2 cm³/mol. The van der Waals surface area contributed by atoms with Gasteiger partial charge in [-0.3, -0.25) is 0 Å². The first kappa shape index (κ1) is 15.7. The Labute approximate surface area is 117 Å². The van der Waals surface area contributed by atoms with Crippen LogP contribution in [-0.2, 0) is 0 Å². The maximum Gasteiger partial charge on any atom is 0.319 e. The Morgan fingerprint density at radius 2 is 2.05 bits per heavy atom. The molecule has 0 saturated carbocycles. The van der Waals surface area contributed by atoms with E-state index in [1.807, 2.05) is 0 Å². The second-order valence-corrected chi connectivity index (χ2v) is 4.44. The number of rotatable bonds is 6. The van der Waals surface area contributed by atoms with Gasteiger partial charge in [-0.25, -0.2) is 9.18 Å². The summed E-state index contributed by atoms with van der Waals surface area (Å²) >= 11 is 5.56. The Balaban J connectivity index is 2.36. The number of nitrogens with zero attached hydrogens (tertiary/aromatic N) is 1. The van der Waals surface area contributed by atoms with Gasteiger partial charge >= 0.3 is 6.03 Å². The van der Waals surface area contributed by atoms with Gasteiger partial charge in [0.15, 0.2) is 0 Å². The Kier molecular flexibility index (Phi) is 6.59. The third kappa shape index (κ3) is 5.44. The van der Waals surface area contributed by atoms with Crippen LogP contribution in [0.15, 0.2) is 18.2 Å². The molecule has 0 aliphatic heterocycles. The van der Waals surface area contributed by atoms with Crippen LogP contribution in [0.5, 0.6) is 0 Å². The Hall–Kier alpha value is -1.33. The van der Waals surface area contributed by atoms with Crippen molar-refractivity contribution in [1.29, 1.82) is 0 Å². The molecule has 0 atom stereocenters. The molecular formula is C13H19ClFN3O. The molecule has 1 aromatic carbocycles. The molecule has 0 aliphatic rings. The normalized spacial score (nSPS) is 10.6. The summed E-state index contributed by atoms with van der Waals surface area (Å²) < 4.78 is 13.2. The van der Waals surface area contributed by atoms with E-state index >= 15 is 0 Å². The molecule has 106 valence electrons. The molecular weight excluding hydrogens is 269 g/mol. The van der Waals surface area contributed by atoms with Crippen molar-refractivity contribution >= 4 is 23.3 Å². The van der Waals surface area contributed by atoms with Crippen LogP contribution in [0.2, 0.25) is 5.02 Å². The van der Waals surface area contributed by atoms with Crippen molar-refractivity contribution in [1.82, 2.24) is 10.2 Å². The van der Waals surface area contributed by atoms with Gasteiger partial charge in [0.1, 0.15) is 5.82 Å². The number of likely N-dealkylation sites (N-methyl/N-ethyl adjacent to an activating group) is 1. The SMILES string of the molecule is CCN(CC)CCNC(=O)Nc1ccc(Cl)c(F)c1. The smallest absolute Gasteiger partial charge is 0.319 e. The van der Waals surface area contributed by atoms with Crippen molar-refractivity contribution in [2.75, 3.05) is 31.5 Å². The number of amides is 2. The largest absolute Gasteiger partial charge is 0.337 e. The van der Waals surface area contributed by atoms with E-state index in [0.717, 1.165) is 19.6 Å². The van der Waals surface area contributed by atoms with Crippen molar-refractivity contribution in [2.45, 2.75) is 13.8 Å².